The minimum Gasteiger partial charge on any atom is -0.444 e. The zero-order valence-corrected chi connectivity index (χ0v) is 15.7. The van der Waals surface area contributed by atoms with Crippen LogP contribution in [-0.4, -0.2) is 59.6 Å². The van der Waals surface area contributed by atoms with E-state index in [1.165, 1.54) is 5.56 Å². The third kappa shape index (κ3) is 4.53. The Morgan fingerprint density at radius 3 is 2.23 bits per heavy atom. The van der Waals surface area contributed by atoms with Gasteiger partial charge in [0.25, 0.3) is 0 Å². The normalized spacial score (nSPS) is 23.8. The van der Waals surface area contributed by atoms with Crippen LogP contribution in [0.1, 0.15) is 38.8 Å². The molecule has 0 radical (unpaired) electrons. The number of amides is 2. The molecule has 2 unspecified atom stereocenters. The van der Waals surface area contributed by atoms with Gasteiger partial charge in [-0.05, 0) is 32.8 Å². The Labute approximate surface area is 154 Å². The minimum atomic E-state index is -0.504. The first-order valence-corrected chi connectivity index (χ1v) is 9.16. The molecule has 2 atom stereocenters. The molecule has 2 heterocycles. The number of piperazine rings is 1. The first kappa shape index (κ1) is 18.7. The molecule has 0 aliphatic carbocycles. The zero-order chi connectivity index (χ0) is 18.7. The lowest BCUT2D eigenvalue weighted by Gasteiger charge is -2.36. The summed E-state index contributed by atoms with van der Waals surface area (Å²) in [5.74, 6) is 0.0831. The van der Waals surface area contributed by atoms with Crippen LogP contribution < -0.4 is 10.9 Å². The fraction of sp³-hybridized carbons (Fsp3) is 0.579. The molecule has 0 aromatic heterocycles. The van der Waals surface area contributed by atoms with E-state index in [9.17, 15) is 9.59 Å². The molecule has 0 saturated carbocycles. The number of ether oxygens (including phenoxy) is 1. The van der Waals surface area contributed by atoms with Crippen LogP contribution in [0.4, 0.5) is 4.79 Å². The Bertz CT molecular complexity index is 636. The summed E-state index contributed by atoms with van der Waals surface area (Å²) in [6.45, 7) is 7.64. The number of nitrogens with zero attached hydrogens (tertiary/aromatic N) is 2. The first-order chi connectivity index (χ1) is 12.3. The van der Waals surface area contributed by atoms with Crippen LogP contribution in [0.25, 0.3) is 0 Å². The number of rotatable bonds is 2. The van der Waals surface area contributed by atoms with E-state index < -0.39 is 5.60 Å². The molecule has 7 heteroatoms. The third-order valence-electron chi connectivity index (χ3n) is 4.65. The topological polar surface area (TPSA) is 73.9 Å². The van der Waals surface area contributed by atoms with E-state index in [0.717, 1.165) is 6.42 Å². The Morgan fingerprint density at radius 1 is 1.00 bits per heavy atom. The largest absolute Gasteiger partial charge is 0.444 e. The van der Waals surface area contributed by atoms with Gasteiger partial charge in [-0.15, -0.1) is 0 Å². The van der Waals surface area contributed by atoms with Crippen molar-refractivity contribution in [1.29, 1.82) is 0 Å². The van der Waals surface area contributed by atoms with E-state index in [2.05, 4.69) is 23.0 Å². The fourth-order valence-electron chi connectivity index (χ4n) is 3.28. The monoisotopic (exact) mass is 360 g/mol. The molecular formula is C19H28N4O3. The summed E-state index contributed by atoms with van der Waals surface area (Å²) in [4.78, 5) is 28.4. The molecule has 2 amide bonds. The molecule has 142 valence electrons. The van der Waals surface area contributed by atoms with Gasteiger partial charge in [-0.1, -0.05) is 30.3 Å². The Hall–Kier alpha value is -2.12. The molecule has 0 bridgehead atoms. The van der Waals surface area contributed by atoms with Gasteiger partial charge >= 0.3 is 6.09 Å². The van der Waals surface area contributed by atoms with Crippen molar-refractivity contribution >= 4 is 12.0 Å². The molecule has 2 aliphatic rings. The van der Waals surface area contributed by atoms with Crippen LogP contribution in [0.5, 0.6) is 0 Å². The third-order valence-corrected chi connectivity index (χ3v) is 4.65. The summed E-state index contributed by atoms with van der Waals surface area (Å²) in [6, 6.07) is 10.0. The van der Waals surface area contributed by atoms with E-state index in [1.807, 2.05) is 43.9 Å². The van der Waals surface area contributed by atoms with Crippen molar-refractivity contribution in [3.05, 3.63) is 35.9 Å². The highest BCUT2D eigenvalue weighted by molar-refractivity contribution is 5.82. The number of hydrogen-bond donors (Lipinski definition) is 2. The molecule has 2 saturated heterocycles. The average molecular weight is 360 g/mol. The van der Waals surface area contributed by atoms with Crippen LogP contribution >= 0.6 is 0 Å². The maximum atomic E-state index is 12.8. The van der Waals surface area contributed by atoms with E-state index in [-0.39, 0.29) is 24.1 Å². The van der Waals surface area contributed by atoms with Gasteiger partial charge in [-0.2, -0.15) is 0 Å². The van der Waals surface area contributed by atoms with Crippen LogP contribution in [-0.2, 0) is 9.53 Å². The summed E-state index contributed by atoms with van der Waals surface area (Å²) in [7, 11) is 0. The minimum absolute atomic E-state index is 0.0831. The molecule has 2 aliphatic heterocycles. The van der Waals surface area contributed by atoms with Gasteiger partial charge in [0.1, 0.15) is 11.6 Å². The van der Waals surface area contributed by atoms with E-state index in [1.54, 1.807) is 4.90 Å². The predicted molar refractivity (Wildman–Crippen MR) is 98.2 cm³/mol. The van der Waals surface area contributed by atoms with Gasteiger partial charge in [0.15, 0.2) is 0 Å². The SMILES string of the molecule is CC(C)(C)OC(=O)N1CCN(C(=O)C2CC(c3ccccc3)NN2)CC1. The van der Waals surface area contributed by atoms with Crippen molar-refractivity contribution < 1.29 is 14.3 Å². The molecule has 2 N–H and O–H groups in total. The van der Waals surface area contributed by atoms with Gasteiger partial charge in [-0.25, -0.2) is 15.6 Å². The second kappa shape index (κ2) is 7.63. The first-order valence-electron chi connectivity index (χ1n) is 9.16. The van der Waals surface area contributed by atoms with E-state index in [0.29, 0.717) is 26.2 Å². The molecular weight excluding hydrogens is 332 g/mol. The molecule has 1 aromatic rings. The maximum Gasteiger partial charge on any atom is 0.410 e. The Kier molecular flexibility index (Phi) is 5.48. The summed E-state index contributed by atoms with van der Waals surface area (Å²) >= 11 is 0. The maximum absolute atomic E-state index is 12.8. The summed E-state index contributed by atoms with van der Waals surface area (Å²) in [5, 5.41) is 0. The predicted octanol–water partition coefficient (Wildman–Crippen LogP) is 1.67. The van der Waals surface area contributed by atoms with Crippen molar-refractivity contribution in [2.24, 2.45) is 0 Å². The summed E-state index contributed by atoms with van der Waals surface area (Å²) in [6.07, 6.45) is 0.407. The fourth-order valence-corrected chi connectivity index (χ4v) is 3.28. The van der Waals surface area contributed by atoms with Gasteiger partial charge in [-0.3, -0.25) is 4.79 Å². The molecule has 1 aromatic carbocycles. The number of nitrogens with one attached hydrogen (secondary N) is 2. The Balaban J connectivity index is 1.49. The smallest absolute Gasteiger partial charge is 0.410 e. The molecule has 3 rings (SSSR count). The molecule has 26 heavy (non-hydrogen) atoms. The number of carbonyl (C=O) groups excluding carboxylic acids is 2. The highest BCUT2D eigenvalue weighted by atomic mass is 16.6. The van der Waals surface area contributed by atoms with Crippen LogP contribution in [0.2, 0.25) is 0 Å². The van der Waals surface area contributed by atoms with Gasteiger partial charge < -0.3 is 14.5 Å². The molecule has 2 fully saturated rings. The lowest BCUT2D eigenvalue weighted by molar-refractivity contribution is -0.135. The van der Waals surface area contributed by atoms with Crippen molar-refractivity contribution in [2.45, 2.75) is 44.9 Å². The van der Waals surface area contributed by atoms with Crippen LogP contribution in [0.15, 0.2) is 30.3 Å². The van der Waals surface area contributed by atoms with Crippen molar-refractivity contribution in [1.82, 2.24) is 20.7 Å². The Morgan fingerprint density at radius 2 is 1.62 bits per heavy atom. The van der Waals surface area contributed by atoms with Crippen LogP contribution in [0, 0.1) is 0 Å². The van der Waals surface area contributed by atoms with E-state index in [4.69, 9.17) is 4.74 Å². The quantitative estimate of drug-likeness (QED) is 0.839. The zero-order valence-electron chi connectivity index (χ0n) is 15.7. The average Bonchev–Trinajstić information content (AvgIpc) is 3.11. The lowest BCUT2D eigenvalue weighted by atomic mass is 10.0. The van der Waals surface area contributed by atoms with Gasteiger partial charge in [0, 0.05) is 32.2 Å². The summed E-state index contributed by atoms with van der Waals surface area (Å²) in [5.41, 5.74) is 7.00. The van der Waals surface area contributed by atoms with E-state index >= 15 is 0 Å². The molecule has 0 spiro atoms. The lowest BCUT2D eigenvalue weighted by Crippen LogP contribution is -2.55. The van der Waals surface area contributed by atoms with Crippen molar-refractivity contribution in [3.8, 4) is 0 Å². The number of hydrazine groups is 1. The van der Waals surface area contributed by atoms with Gasteiger partial charge in [0.2, 0.25) is 5.91 Å². The standard InChI is InChI=1S/C19H28N4O3/c1-19(2,3)26-18(25)23-11-9-22(10-12-23)17(24)16-13-15(20-21-16)14-7-5-4-6-8-14/h4-8,15-16,20-21H,9-13H2,1-3H3. The van der Waals surface area contributed by atoms with Gasteiger partial charge in [0.05, 0.1) is 0 Å². The number of benzene rings is 1. The number of carbonyl (C=O) groups is 2. The van der Waals surface area contributed by atoms with Crippen molar-refractivity contribution in [2.75, 3.05) is 26.2 Å². The second-order valence-electron chi connectivity index (χ2n) is 7.83. The second-order valence-corrected chi connectivity index (χ2v) is 7.83. The highest BCUT2D eigenvalue weighted by Gasteiger charge is 2.35. The van der Waals surface area contributed by atoms with Crippen LogP contribution in [0.3, 0.4) is 0 Å². The number of hydrogen-bond acceptors (Lipinski definition) is 5. The highest BCUT2D eigenvalue weighted by Crippen LogP contribution is 2.23. The molecule has 7 nitrogen and oxygen atoms in total. The summed E-state index contributed by atoms with van der Waals surface area (Å²) < 4.78 is 5.40. The van der Waals surface area contributed by atoms with Crippen molar-refractivity contribution in [3.63, 3.8) is 0 Å².